The molecule has 0 spiro atoms. The fraction of sp³-hybridized carbons (Fsp3) is 0.316. The van der Waals surface area contributed by atoms with Crippen LogP contribution in [-0.4, -0.2) is 20.7 Å². The van der Waals surface area contributed by atoms with Crippen LogP contribution in [0, 0.1) is 0 Å². The highest BCUT2D eigenvalue weighted by Gasteiger charge is 2.26. The van der Waals surface area contributed by atoms with Crippen LogP contribution in [0.5, 0.6) is 5.75 Å². The molecule has 0 saturated carbocycles. The molecule has 1 atom stereocenters. The maximum absolute atomic E-state index is 12.9. The third-order valence-corrected chi connectivity index (χ3v) is 5.31. The lowest BCUT2D eigenvalue weighted by Crippen LogP contribution is -2.31. The van der Waals surface area contributed by atoms with Gasteiger partial charge in [0.15, 0.2) is 0 Å². The summed E-state index contributed by atoms with van der Waals surface area (Å²) in [5.74, 6) is 0.445. The number of carbonyl (C=O) groups is 1. The number of para-hydroxylation sites is 1. The first-order valence-corrected chi connectivity index (χ1v) is 9.57. The van der Waals surface area contributed by atoms with E-state index in [2.05, 4.69) is 15.4 Å². The van der Waals surface area contributed by atoms with E-state index < -0.39 is 0 Å². The number of rotatable bonds is 5. The van der Waals surface area contributed by atoms with Gasteiger partial charge in [-0.1, -0.05) is 12.1 Å². The Morgan fingerprint density at radius 1 is 1.42 bits per heavy atom. The van der Waals surface area contributed by atoms with Crippen molar-refractivity contribution in [3.8, 4) is 5.75 Å². The second-order valence-electron chi connectivity index (χ2n) is 6.35. The molecule has 7 heteroatoms. The number of fused-ring (bicyclic) bond motifs is 1. The summed E-state index contributed by atoms with van der Waals surface area (Å²) in [5.41, 5.74) is 5.49. The Hall–Kier alpha value is -2.67. The van der Waals surface area contributed by atoms with Crippen molar-refractivity contribution in [2.75, 3.05) is 0 Å². The van der Waals surface area contributed by atoms with Gasteiger partial charge in [-0.15, -0.1) is 11.3 Å². The van der Waals surface area contributed by atoms with Gasteiger partial charge in [0.2, 0.25) is 0 Å². The van der Waals surface area contributed by atoms with E-state index in [-0.39, 0.29) is 11.9 Å². The summed E-state index contributed by atoms with van der Waals surface area (Å²) in [6.07, 6.45) is 4.83. The van der Waals surface area contributed by atoms with Crippen LogP contribution in [0.15, 0.2) is 41.4 Å². The molecule has 0 bridgehead atoms. The number of carbonyl (C=O) groups excluding carboxylic acids is 1. The lowest BCUT2D eigenvalue weighted by atomic mass is 9.92. The van der Waals surface area contributed by atoms with Crippen molar-refractivity contribution in [1.82, 2.24) is 20.1 Å². The van der Waals surface area contributed by atoms with E-state index in [1.807, 2.05) is 41.5 Å². The van der Waals surface area contributed by atoms with Crippen LogP contribution in [0.25, 0.3) is 0 Å². The van der Waals surface area contributed by atoms with Crippen molar-refractivity contribution in [1.29, 1.82) is 0 Å². The molecule has 0 fully saturated rings. The molecule has 26 heavy (non-hydrogen) atoms. The van der Waals surface area contributed by atoms with Gasteiger partial charge in [0.25, 0.3) is 5.91 Å². The predicted octanol–water partition coefficient (Wildman–Crippen LogP) is 3.26. The van der Waals surface area contributed by atoms with Crippen molar-refractivity contribution in [3.05, 3.63) is 63.9 Å². The Morgan fingerprint density at radius 2 is 2.31 bits per heavy atom. The number of aromatic nitrogens is 3. The molecule has 134 valence electrons. The van der Waals surface area contributed by atoms with Gasteiger partial charge in [-0.25, -0.2) is 4.98 Å². The summed E-state index contributed by atoms with van der Waals surface area (Å²) in [4.78, 5) is 17.1. The van der Waals surface area contributed by atoms with Gasteiger partial charge in [0.05, 0.1) is 29.0 Å². The standard InChI is InChI=1S/C19H20N4O2S/c1-23-17-7-4-6-16(15(17)9-21-23)22-19(24)14-5-2-3-8-18(14)25-10-13-11-26-12-20-13/h2-3,5,8-9,11-12,16H,4,6-7,10H2,1H3,(H,22,24)/t16-/m1/s1. The Morgan fingerprint density at radius 3 is 3.15 bits per heavy atom. The Kier molecular flexibility index (Phi) is 4.71. The van der Waals surface area contributed by atoms with Crippen molar-refractivity contribution in [3.63, 3.8) is 0 Å². The van der Waals surface area contributed by atoms with Crippen LogP contribution in [0.4, 0.5) is 0 Å². The molecule has 0 aliphatic heterocycles. The molecule has 1 aliphatic rings. The number of nitrogens with zero attached hydrogens (tertiary/aromatic N) is 3. The van der Waals surface area contributed by atoms with E-state index in [1.165, 1.54) is 17.0 Å². The van der Waals surface area contributed by atoms with Crippen molar-refractivity contribution in [2.24, 2.45) is 7.05 Å². The van der Waals surface area contributed by atoms with Crippen LogP contribution in [0.1, 0.15) is 46.2 Å². The molecule has 1 aromatic carbocycles. The maximum Gasteiger partial charge on any atom is 0.255 e. The smallest absolute Gasteiger partial charge is 0.255 e. The third-order valence-electron chi connectivity index (χ3n) is 4.67. The second kappa shape index (κ2) is 7.29. The van der Waals surface area contributed by atoms with E-state index in [4.69, 9.17) is 4.74 Å². The van der Waals surface area contributed by atoms with Gasteiger partial charge in [-0.2, -0.15) is 5.10 Å². The summed E-state index contributed by atoms with van der Waals surface area (Å²) < 4.78 is 7.73. The van der Waals surface area contributed by atoms with Crippen LogP contribution in [-0.2, 0) is 20.1 Å². The number of nitrogens with one attached hydrogen (secondary N) is 1. The average Bonchev–Trinajstić information content (AvgIpc) is 3.31. The lowest BCUT2D eigenvalue weighted by Gasteiger charge is -2.24. The summed E-state index contributed by atoms with van der Waals surface area (Å²) >= 11 is 1.53. The lowest BCUT2D eigenvalue weighted by molar-refractivity contribution is 0.0928. The number of amides is 1. The fourth-order valence-corrected chi connectivity index (χ4v) is 3.88. The largest absolute Gasteiger partial charge is 0.486 e. The zero-order chi connectivity index (χ0) is 17.9. The van der Waals surface area contributed by atoms with E-state index in [0.717, 1.165) is 30.5 Å². The molecule has 2 heterocycles. The molecule has 4 rings (SSSR count). The molecule has 1 amide bonds. The SMILES string of the molecule is Cn1ncc2c1CCC[C@H]2NC(=O)c1ccccc1OCc1cscn1. The van der Waals surface area contributed by atoms with Crippen molar-refractivity contribution in [2.45, 2.75) is 31.9 Å². The maximum atomic E-state index is 12.9. The minimum absolute atomic E-state index is 0.00783. The molecule has 0 saturated heterocycles. The van der Waals surface area contributed by atoms with E-state index in [0.29, 0.717) is 17.9 Å². The molecule has 3 aromatic rings. The van der Waals surface area contributed by atoms with Gasteiger partial charge in [0.1, 0.15) is 12.4 Å². The van der Waals surface area contributed by atoms with Gasteiger partial charge in [-0.05, 0) is 31.4 Å². The van der Waals surface area contributed by atoms with Crippen LogP contribution in [0.2, 0.25) is 0 Å². The van der Waals surface area contributed by atoms with E-state index in [1.54, 1.807) is 11.6 Å². The minimum atomic E-state index is -0.124. The first kappa shape index (κ1) is 16.8. The summed E-state index contributed by atoms with van der Waals surface area (Å²) in [6.45, 7) is 0.351. The number of thiazole rings is 1. The number of aryl methyl sites for hydroxylation is 1. The highest BCUT2D eigenvalue weighted by molar-refractivity contribution is 7.07. The Bertz CT molecular complexity index is 904. The molecule has 0 radical (unpaired) electrons. The highest BCUT2D eigenvalue weighted by Crippen LogP contribution is 2.30. The predicted molar refractivity (Wildman–Crippen MR) is 99.2 cm³/mol. The monoisotopic (exact) mass is 368 g/mol. The molecular formula is C19H20N4O2S. The number of hydrogen-bond donors (Lipinski definition) is 1. The Balaban J connectivity index is 1.50. The molecule has 2 aromatic heterocycles. The van der Waals surface area contributed by atoms with Gasteiger partial charge in [-0.3, -0.25) is 9.48 Å². The summed E-state index contributed by atoms with van der Waals surface area (Å²) in [6, 6.07) is 7.32. The molecule has 0 unspecified atom stereocenters. The number of ether oxygens (including phenoxy) is 1. The topological polar surface area (TPSA) is 69.0 Å². The van der Waals surface area contributed by atoms with Crippen molar-refractivity contribution < 1.29 is 9.53 Å². The average molecular weight is 368 g/mol. The zero-order valence-electron chi connectivity index (χ0n) is 14.5. The highest BCUT2D eigenvalue weighted by atomic mass is 32.1. The normalized spacial score (nSPS) is 16.1. The molecule has 1 N–H and O–H groups in total. The molecular weight excluding hydrogens is 348 g/mol. The van der Waals surface area contributed by atoms with Gasteiger partial charge in [0, 0.05) is 23.7 Å². The second-order valence-corrected chi connectivity index (χ2v) is 7.07. The van der Waals surface area contributed by atoms with E-state index >= 15 is 0 Å². The first-order chi connectivity index (χ1) is 12.7. The summed E-state index contributed by atoms with van der Waals surface area (Å²) in [7, 11) is 1.95. The van der Waals surface area contributed by atoms with Crippen molar-refractivity contribution >= 4 is 17.2 Å². The van der Waals surface area contributed by atoms with Gasteiger partial charge < -0.3 is 10.1 Å². The van der Waals surface area contributed by atoms with E-state index in [9.17, 15) is 4.79 Å². The van der Waals surface area contributed by atoms with Crippen LogP contribution >= 0.6 is 11.3 Å². The molecule has 6 nitrogen and oxygen atoms in total. The Labute approximate surface area is 155 Å². The first-order valence-electron chi connectivity index (χ1n) is 8.63. The van der Waals surface area contributed by atoms with Crippen LogP contribution in [0.3, 0.4) is 0 Å². The van der Waals surface area contributed by atoms with Crippen LogP contribution < -0.4 is 10.1 Å². The summed E-state index contributed by atoms with van der Waals surface area (Å²) in [5, 5.41) is 9.43. The quantitative estimate of drug-likeness (QED) is 0.750. The minimum Gasteiger partial charge on any atom is -0.486 e. The molecule has 1 aliphatic carbocycles. The third kappa shape index (κ3) is 3.35. The number of hydrogen-bond acceptors (Lipinski definition) is 5. The fourth-order valence-electron chi connectivity index (χ4n) is 3.33. The zero-order valence-corrected chi connectivity index (χ0v) is 15.3. The van der Waals surface area contributed by atoms with Gasteiger partial charge >= 0.3 is 0 Å². The number of benzene rings is 1.